The predicted molar refractivity (Wildman–Crippen MR) is 190 cm³/mol. The highest BCUT2D eigenvalue weighted by molar-refractivity contribution is 6.02. The highest BCUT2D eigenvalue weighted by Crippen LogP contribution is 2.29. The SMILES string of the molecule is C=CCC(O)(C(=O)c1ccccc1)c1ccccc1.CCCCCCCCCCCCOCCCCCCCCCCCC. The van der Waals surface area contributed by atoms with E-state index >= 15 is 0 Å². The van der Waals surface area contributed by atoms with Crippen LogP contribution >= 0.6 is 0 Å². The second-order valence-corrected chi connectivity index (χ2v) is 12.4. The average molecular weight is 607 g/mol. The third-order valence-corrected chi connectivity index (χ3v) is 8.39. The standard InChI is InChI=1S/C24H50O.C17H16O2/c1-3-5-7-9-11-13-15-17-19-21-23-25-24-22-20-18-16-14-12-10-8-6-4-2;1-2-13-17(19,15-11-7-4-8-12-15)16(18)14-9-5-3-6-10-14/h3-24H2,1-2H3;2-12,19H,1,13H2. The van der Waals surface area contributed by atoms with Gasteiger partial charge in [-0.3, -0.25) is 4.79 Å². The van der Waals surface area contributed by atoms with E-state index in [0.717, 1.165) is 13.2 Å². The van der Waals surface area contributed by atoms with Gasteiger partial charge < -0.3 is 9.84 Å². The maximum absolute atomic E-state index is 12.6. The van der Waals surface area contributed by atoms with Crippen LogP contribution in [0.25, 0.3) is 0 Å². The first kappa shape index (κ1) is 39.8. The van der Waals surface area contributed by atoms with Crippen molar-refractivity contribution in [3.8, 4) is 0 Å². The Morgan fingerprint density at radius 2 is 0.977 bits per heavy atom. The summed E-state index contributed by atoms with van der Waals surface area (Å²) in [4.78, 5) is 12.6. The van der Waals surface area contributed by atoms with Gasteiger partial charge in [0, 0.05) is 25.2 Å². The zero-order chi connectivity index (χ0) is 32.0. The van der Waals surface area contributed by atoms with Gasteiger partial charge in [0.25, 0.3) is 0 Å². The van der Waals surface area contributed by atoms with Crippen LogP contribution in [0.2, 0.25) is 0 Å². The first-order chi connectivity index (χ1) is 21.6. The van der Waals surface area contributed by atoms with Crippen molar-refractivity contribution in [2.24, 2.45) is 0 Å². The van der Waals surface area contributed by atoms with E-state index in [4.69, 9.17) is 4.74 Å². The molecule has 0 radical (unpaired) electrons. The van der Waals surface area contributed by atoms with Gasteiger partial charge >= 0.3 is 0 Å². The molecular formula is C41H66O3. The second-order valence-electron chi connectivity index (χ2n) is 12.4. The van der Waals surface area contributed by atoms with Crippen LogP contribution in [-0.4, -0.2) is 24.1 Å². The molecule has 2 aromatic rings. The molecule has 2 rings (SSSR count). The molecule has 3 nitrogen and oxygen atoms in total. The van der Waals surface area contributed by atoms with Crippen LogP contribution < -0.4 is 0 Å². The van der Waals surface area contributed by atoms with Gasteiger partial charge in [-0.1, -0.05) is 196 Å². The molecule has 0 amide bonds. The third kappa shape index (κ3) is 19.2. The second kappa shape index (κ2) is 28.3. The number of ether oxygens (including phenoxy) is 1. The number of carbonyl (C=O) groups is 1. The number of Topliss-reactive ketones (excluding diaryl/α,β-unsaturated/α-hetero) is 1. The molecule has 1 unspecified atom stereocenters. The Morgan fingerprint density at radius 1 is 0.614 bits per heavy atom. The molecule has 0 fully saturated rings. The van der Waals surface area contributed by atoms with E-state index < -0.39 is 5.60 Å². The van der Waals surface area contributed by atoms with E-state index in [1.807, 2.05) is 24.3 Å². The zero-order valence-corrected chi connectivity index (χ0v) is 28.6. The molecule has 3 heteroatoms. The molecule has 0 aliphatic rings. The van der Waals surface area contributed by atoms with Gasteiger partial charge in [0.15, 0.2) is 11.4 Å². The van der Waals surface area contributed by atoms with Crippen LogP contribution in [0, 0.1) is 0 Å². The first-order valence-electron chi connectivity index (χ1n) is 18.2. The maximum Gasteiger partial charge on any atom is 0.199 e. The van der Waals surface area contributed by atoms with Crippen LogP contribution in [0.4, 0.5) is 0 Å². The Morgan fingerprint density at radius 3 is 1.36 bits per heavy atom. The normalized spacial score (nSPS) is 12.2. The molecule has 0 aliphatic carbocycles. The van der Waals surface area contributed by atoms with Crippen molar-refractivity contribution < 1.29 is 14.6 Å². The highest BCUT2D eigenvalue weighted by Gasteiger charge is 2.36. The van der Waals surface area contributed by atoms with Gasteiger partial charge in [0.05, 0.1) is 0 Å². The monoisotopic (exact) mass is 607 g/mol. The summed E-state index contributed by atoms with van der Waals surface area (Å²) in [6.45, 7) is 10.2. The number of aliphatic hydroxyl groups is 1. The first-order valence-corrected chi connectivity index (χ1v) is 18.2. The number of carbonyl (C=O) groups excluding carboxylic acids is 1. The summed E-state index contributed by atoms with van der Waals surface area (Å²) in [6.07, 6.45) is 29.9. The maximum atomic E-state index is 12.6. The summed E-state index contributed by atoms with van der Waals surface area (Å²) < 4.78 is 5.78. The van der Waals surface area contributed by atoms with Gasteiger partial charge in [0.2, 0.25) is 0 Å². The van der Waals surface area contributed by atoms with Crippen molar-refractivity contribution >= 4 is 5.78 Å². The topological polar surface area (TPSA) is 46.5 Å². The number of ketones is 1. The summed E-state index contributed by atoms with van der Waals surface area (Å²) >= 11 is 0. The Kier molecular flexibility index (Phi) is 25.6. The van der Waals surface area contributed by atoms with Gasteiger partial charge in [-0.25, -0.2) is 0 Å². The molecule has 0 heterocycles. The summed E-state index contributed by atoms with van der Waals surface area (Å²) in [7, 11) is 0. The fraction of sp³-hybridized carbons (Fsp3) is 0.634. The largest absolute Gasteiger partial charge is 0.381 e. The van der Waals surface area contributed by atoms with E-state index in [1.54, 1.807) is 42.5 Å². The van der Waals surface area contributed by atoms with Crippen molar-refractivity contribution in [1.29, 1.82) is 0 Å². The van der Waals surface area contributed by atoms with Crippen molar-refractivity contribution in [3.05, 3.63) is 84.4 Å². The van der Waals surface area contributed by atoms with Gasteiger partial charge in [0.1, 0.15) is 0 Å². The lowest BCUT2D eigenvalue weighted by Crippen LogP contribution is -2.35. The molecular weight excluding hydrogens is 540 g/mol. The molecule has 0 saturated carbocycles. The Balaban J connectivity index is 0.000000454. The van der Waals surface area contributed by atoms with Crippen LogP contribution in [0.15, 0.2) is 73.3 Å². The van der Waals surface area contributed by atoms with E-state index in [1.165, 1.54) is 128 Å². The summed E-state index contributed by atoms with van der Waals surface area (Å²) in [6, 6.07) is 17.8. The predicted octanol–water partition coefficient (Wildman–Crippen LogP) is 12.2. The van der Waals surface area contributed by atoms with Gasteiger partial charge in [-0.2, -0.15) is 0 Å². The smallest absolute Gasteiger partial charge is 0.199 e. The number of unbranched alkanes of at least 4 members (excludes halogenated alkanes) is 18. The fourth-order valence-electron chi connectivity index (χ4n) is 5.58. The quantitative estimate of drug-likeness (QED) is 0.0625. The molecule has 0 saturated heterocycles. The van der Waals surface area contributed by atoms with Crippen LogP contribution in [0.3, 0.4) is 0 Å². The molecule has 44 heavy (non-hydrogen) atoms. The van der Waals surface area contributed by atoms with Crippen LogP contribution in [0.5, 0.6) is 0 Å². The highest BCUT2D eigenvalue weighted by atomic mass is 16.5. The lowest BCUT2D eigenvalue weighted by molar-refractivity contribution is 0.0313. The molecule has 1 N–H and O–H groups in total. The molecule has 248 valence electrons. The van der Waals surface area contributed by atoms with Crippen LogP contribution in [0.1, 0.15) is 165 Å². The van der Waals surface area contributed by atoms with Crippen molar-refractivity contribution in [1.82, 2.24) is 0 Å². The molecule has 0 aromatic heterocycles. The zero-order valence-electron chi connectivity index (χ0n) is 28.6. The molecule has 2 aromatic carbocycles. The number of benzene rings is 2. The summed E-state index contributed by atoms with van der Waals surface area (Å²) in [5, 5.41) is 10.8. The number of rotatable bonds is 27. The average Bonchev–Trinajstić information content (AvgIpc) is 3.06. The number of hydrogen-bond donors (Lipinski definition) is 1. The summed E-state index contributed by atoms with van der Waals surface area (Å²) in [5.41, 5.74) is -0.468. The number of hydrogen-bond acceptors (Lipinski definition) is 3. The minimum atomic E-state index is -1.55. The van der Waals surface area contributed by atoms with E-state index in [2.05, 4.69) is 20.4 Å². The van der Waals surface area contributed by atoms with Crippen molar-refractivity contribution in [2.45, 2.75) is 154 Å². The Hall–Kier alpha value is -2.23. The minimum absolute atomic E-state index is 0.185. The van der Waals surface area contributed by atoms with Crippen molar-refractivity contribution in [2.75, 3.05) is 13.2 Å². The fourth-order valence-corrected chi connectivity index (χ4v) is 5.58. The molecule has 0 bridgehead atoms. The van der Waals surface area contributed by atoms with E-state index in [0.29, 0.717) is 11.1 Å². The van der Waals surface area contributed by atoms with E-state index in [9.17, 15) is 9.90 Å². The van der Waals surface area contributed by atoms with Gasteiger partial charge in [-0.05, 0) is 18.4 Å². The van der Waals surface area contributed by atoms with Gasteiger partial charge in [-0.15, -0.1) is 6.58 Å². The lowest BCUT2D eigenvalue weighted by Gasteiger charge is -2.26. The third-order valence-electron chi connectivity index (χ3n) is 8.39. The minimum Gasteiger partial charge on any atom is -0.381 e. The molecule has 0 aliphatic heterocycles. The summed E-state index contributed by atoms with van der Waals surface area (Å²) in [5.74, 6) is -0.306. The van der Waals surface area contributed by atoms with E-state index in [-0.39, 0.29) is 12.2 Å². The van der Waals surface area contributed by atoms with Crippen molar-refractivity contribution in [3.63, 3.8) is 0 Å². The Bertz CT molecular complexity index is 888. The van der Waals surface area contributed by atoms with Crippen LogP contribution in [-0.2, 0) is 10.3 Å². The molecule has 0 spiro atoms. The lowest BCUT2D eigenvalue weighted by atomic mass is 9.83. The molecule has 1 atom stereocenters. The Labute approximate surface area is 271 Å².